The summed E-state index contributed by atoms with van der Waals surface area (Å²) in [5.41, 5.74) is 10.1. The molecule has 0 atom stereocenters. The number of halogens is 1. The molecule has 0 amide bonds. The number of nitrogens with two attached hydrogens (primary N) is 1. The molecule has 0 saturated heterocycles. The monoisotopic (exact) mass is 251 g/mol. The smallest absolute Gasteiger partial charge is 0.123 e. The summed E-state index contributed by atoms with van der Waals surface area (Å²) in [6, 6.07) is 4.45. The molecule has 0 aliphatic carbocycles. The minimum Gasteiger partial charge on any atom is -0.398 e. The van der Waals surface area contributed by atoms with Crippen molar-refractivity contribution >= 4 is 17.0 Å². The molecule has 0 radical (unpaired) electrons. The van der Waals surface area contributed by atoms with Gasteiger partial charge in [0.15, 0.2) is 0 Å². The fourth-order valence-corrected chi connectivity index (χ4v) is 2.20. The highest BCUT2D eigenvalue weighted by molar-refractivity contribution is 7.07. The van der Waals surface area contributed by atoms with Crippen molar-refractivity contribution < 1.29 is 4.39 Å². The number of anilines is 1. The van der Waals surface area contributed by atoms with Crippen LogP contribution >= 0.6 is 11.3 Å². The van der Waals surface area contributed by atoms with Crippen LogP contribution in [0.25, 0.3) is 0 Å². The number of hydrogen-bond donors (Lipinski definition) is 1. The van der Waals surface area contributed by atoms with Crippen molar-refractivity contribution in [2.24, 2.45) is 0 Å². The second-order valence-electron chi connectivity index (χ2n) is 4.00. The van der Waals surface area contributed by atoms with Gasteiger partial charge in [-0.25, -0.2) is 9.37 Å². The van der Waals surface area contributed by atoms with Crippen LogP contribution in [0.1, 0.15) is 11.3 Å². The maximum Gasteiger partial charge on any atom is 0.123 e. The summed E-state index contributed by atoms with van der Waals surface area (Å²) in [6.07, 6.45) is 0. The van der Waals surface area contributed by atoms with Crippen molar-refractivity contribution in [2.45, 2.75) is 13.1 Å². The van der Waals surface area contributed by atoms with Gasteiger partial charge < -0.3 is 5.73 Å². The summed E-state index contributed by atoms with van der Waals surface area (Å²) in [5.74, 6) is -0.253. The first-order valence-corrected chi connectivity index (χ1v) is 6.19. The highest BCUT2D eigenvalue weighted by atomic mass is 32.1. The molecule has 2 aromatic rings. The van der Waals surface area contributed by atoms with Gasteiger partial charge in [0.2, 0.25) is 0 Å². The van der Waals surface area contributed by atoms with Gasteiger partial charge in [-0.1, -0.05) is 0 Å². The third-order valence-corrected chi connectivity index (χ3v) is 3.10. The van der Waals surface area contributed by atoms with Crippen LogP contribution in [0.5, 0.6) is 0 Å². The zero-order valence-corrected chi connectivity index (χ0v) is 10.4. The number of rotatable bonds is 4. The molecule has 0 unspecified atom stereocenters. The first-order chi connectivity index (χ1) is 8.15. The molecular weight excluding hydrogens is 237 g/mol. The molecule has 0 aliphatic rings. The summed E-state index contributed by atoms with van der Waals surface area (Å²) >= 11 is 1.57. The molecule has 0 saturated carbocycles. The van der Waals surface area contributed by atoms with E-state index in [1.807, 2.05) is 12.4 Å². The normalized spacial score (nSPS) is 11.0. The van der Waals surface area contributed by atoms with Crippen LogP contribution < -0.4 is 5.73 Å². The number of benzene rings is 1. The molecule has 0 aliphatic heterocycles. The largest absolute Gasteiger partial charge is 0.398 e. The molecule has 0 spiro atoms. The Labute approximate surface area is 104 Å². The van der Waals surface area contributed by atoms with Crippen molar-refractivity contribution in [3.8, 4) is 0 Å². The Morgan fingerprint density at radius 1 is 1.41 bits per heavy atom. The van der Waals surface area contributed by atoms with Gasteiger partial charge in [-0.3, -0.25) is 4.90 Å². The third kappa shape index (κ3) is 3.25. The summed E-state index contributed by atoms with van der Waals surface area (Å²) in [4.78, 5) is 6.27. The number of hydrogen-bond acceptors (Lipinski definition) is 4. The van der Waals surface area contributed by atoms with Gasteiger partial charge in [0.05, 0.1) is 11.2 Å². The molecule has 2 rings (SSSR count). The summed E-state index contributed by atoms with van der Waals surface area (Å²) in [5, 5.41) is 2.01. The van der Waals surface area contributed by atoms with Crippen molar-refractivity contribution in [3.05, 3.63) is 46.2 Å². The molecule has 1 aromatic heterocycles. The predicted octanol–water partition coefficient (Wildman–Crippen LogP) is 2.50. The lowest BCUT2D eigenvalue weighted by Crippen LogP contribution is -2.18. The van der Waals surface area contributed by atoms with E-state index in [-0.39, 0.29) is 5.82 Å². The Morgan fingerprint density at radius 3 is 2.94 bits per heavy atom. The lowest BCUT2D eigenvalue weighted by molar-refractivity contribution is 0.316. The Kier molecular flexibility index (Phi) is 3.71. The molecule has 2 N–H and O–H groups in total. The molecule has 1 heterocycles. The van der Waals surface area contributed by atoms with E-state index in [1.54, 1.807) is 22.9 Å². The minimum absolute atomic E-state index is 0.253. The summed E-state index contributed by atoms with van der Waals surface area (Å²) in [6.45, 7) is 1.35. The Bertz CT molecular complexity index is 485. The first-order valence-electron chi connectivity index (χ1n) is 5.24. The minimum atomic E-state index is -0.253. The van der Waals surface area contributed by atoms with Gasteiger partial charge in [-0.2, -0.15) is 0 Å². The predicted molar refractivity (Wildman–Crippen MR) is 68.1 cm³/mol. The molecule has 1 aromatic carbocycles. The van der Waals surface area contributed by atoms with Crippen LogP contribution in [0.3, 0.4) is 0 Å². The fraction of sp³-hybridized carbons (Fsp3) is 0.250. The zero-order chi connectivity index (χ0) is 12.3. The van der Waals surface area contributed by atoms with Crippen LogP contribution in [-0.2, 0) is 13.1 Å². The van der Waals surface area contributed by atoms with E-state index < -0.39 is 0 Å². The van der Waals surface area contributed by atoms with Crippen molar-refractivity contribution in [2.75, 3.05) is 12.8 Å². The SMILES string of the molecule is CN(Cc1cscn1)Cc1cc(F)ccc1N. The maximum absolute atomic E-state index is 13.1. The van der Waals surface area contributed by atoms with E-state index in [0.717, 1.165) is 17.8 Å². The lowest BCUT2D eigenvalue weighted by Gasteiger charge is -2.16. The van der Waals surface area contributed by atoms with Crippen molar-refractivity contribution in [1.29, 1.82) is 0 Å². The second kappa shape index (κ2) is 5.25. The van der Waals surface area contributed by atoms with Crippen LogP contribution in [0, 0.1) is 5.82 Å². The van der Waals surface area contributed by atoms with Crippen molar-refractivity contribution in [3.63, 3.8) is 0 Å². The quantitative estimate of drug-likeness (QED) is 0.849. The topological polar surface area (TPSA) is 42.2 Å². The summed E-state index contributed by atoms with van der Waals surface area (Å²) < 4.78 is 13.1. The second-order valence-corrected chi connectivity index (χ2v) is 4.71. The first kappa shape index (κ1) is 12.0. The molecule has 17 heavy (non-hydrogen) atoms. The molecule has 0 bridgehead atoms. The van der Waals surface area contributed by atoms with E-state index in [2.05, 4.69) is 9.88 Å². The third-order valence-electron chi connectivity index (χ3n) is 2.46. The Hall–Kier alpha value is -1.46. The van der Waals surface area contributed by atoms with Gasteiger partial charge in [0.25, 0.3) is 0 Å². The number of nitrogen functional groups attached to an aromatic ring is 1. The molecule has 5 heteroatoms. The van der Waals surface area contributed by atoms with E-state index >= 15 is 0 Å². The molecule has 0 fully saturated rings. The van der Waals surface area contributed by atoms with Crippen LogP contribution in [0.15, 0.2) is 29.1 Å². The van der Waals surface area contributed by atoms with Crippen LogP contribution in [0.4, 0.5) is 10.1 Å². The van der Waals surface area contributed by atoms with Gasteiger partial charge in [0.1, 0.15) is 5.82 Å². The number of nitrogens with zero attached hydrogens (tertiary/aromatic N) is 2. The molecular formula is C12H14FN3S. The van der Waals surface area contributed by atoms with E-state index in [1.165, 1.54) is 12.1 Å². The Balaban J connectivity index is 2.02. The standard InChI is InChI=1S/C12H14FN3S/c1-16(6-11-7-17-8-15-11)5-9-4-10(13)2-3-12(9)14/h2-4,7-8H,5-6,14H2,1H3. The van der Waals surface area contributed by atoms with E-state index in [4.69, 9.17) is 5.73 Å². The molecule has 90 valence electrons. The lowest BCUT2D eigenvalue weighted by atomic mass is 10.1. The average Bonchev–Trinajstić information content (AvgIpc) is 2.76. The zero-order valence-electron chi connectivity index (χ0n) is 9.56. The average molecular weight is 251 g/mol. The van der Waals surface area contributed by atoms with Crippen molar-refractivity contribution in [1.82, 2.24) is 9.88 Å². The maximum atomic E-state index is 13.1. The highest BCUT2D eigenvalue weighted by Gasteiger charge is 2.06. The van der Waals surface area contributed by atoms with Gasteiger partial charge in [-0.15, -0.1) is 11.3 Å². The van der Waals surface area contributed by atoms with E-state index in [0.29, 0.717) is 12.2 Å². The molecule has 3 nitrogen and oxygen atoms in total. The van der Waals surface area contributed by atoms with E-state index in [9.17, 15) is 4.39 Å². The Morgan fingerprint density at radius 2 is 2.24 bits per heavy atom. The number of thiazole rings is 1. The van der Waals surface area contributed by atoms with Crippen LogP contribution in [-0.4, -0.2) is 16.9 Å². The number of aromatic nitrogens is 1. The van der Waals surface area contributed by atoms with Gasteiger partial charge in [0, 0.05) is 24.2 Å². The van der Waals surface area contributed by atoms with Gasteiger partial charge in [-0.05, 0) is 30.8 Å². The fourth-order valence-electron chi connectivity index (χ4n) is 1.65. The van der Waals surface area contributed by atoms with Crippen LogP contribution in [0.2, 0.25) is 0 Å². The summed E-state index contributed by atoms with van der Waals surface area (Å²) in [7, 11) is 1.96. The highest BCUT2D eigenvalue weighted by Crippen LogP contribution is 2.16. The van der Waals surface area contributed by atoms with Gasteiger partial charge >= 0.3 is 0 Å².